The largest absolute Gasteiger partial charge is 0.456 e. The standard InChI is InChI=1S/C19H13NO/c1-20-14-8-4-2-6-12(14)18-15(20)10-11-17-19(18)13-7-3-5-9-16(13)21-17/h2-11H,1H3. The Bertz CT molecular complexity index is 1140. The van der Waals surface area contributed by atoms with Crippen LogP contribution >= 0.6 is 0 Å². The lowest BCUT2D eigenvalue weighted by Gasteiger charge is -1.97. The van der Waals surface area contributed by atoms with E-state index in [4.69, 9.17) is 4.42 Å². The zero-order valence-corrected chi connectivity index (χ0v) is 11.6. The first-order valence-electron chi connectivity index (χ1n) is 7.12. The quantitative estimate of drug-likeness (QED) is 0.377. The van der Waals surface area contributed by atoms with Crippen LogP contribution in [0.3, 0.4) is 0 Å². The Morgan fingerprint density at radius 2 is 1.43 bits per heavy atom. The van der Waals surface area contributed by atoms with Gasteiger partial charge in [-0.15, -0.1) is 0 Å². The normalized spacial score (nSPS) is 12.0. The van der Waals surface area contributed by atoms with Crippen molar-refractivity contribution in [1.82, 2.24) is 4.57 Å². The van der Waals surface area contributed by atoms with Gasteiger partial charge in [0.05, 0.1) is 0 Å². The lowest BCUT2D eigenvalue weighted by Crippen LogP contribution is -1.85. The highest BCUT2D eigenvalue weighted by Gasteiger charge is 2.15. The molecule has 0 spiro atoms. The van der Waals surface area contributed by atoms with E-state index in [1.54, 1.807) is 0 Å². The van der Waals surface area contributed by atoms with Crippen LogP contribution in [-0.4, -0.2) is 4.57 Å². The van der Waals surface area contributed by atoms with E-state index in [0.29, 0.717) is 0 Å². The van der Waals surface area contributed by atoms with Crippen molar-refractivity contribution >= 4 is 43.7 Å². The third-order valence-corrected chi connectivity index (χ3v) is 4.42. The van der Waals surface area contributed by atoms with Gasteiger partial charge in [0.1, 0.15) is 11.2 Å². The molecule has 2 aromatic heterocycles. The van der Waals surface area contributed by atoms with Crippen molar-refractivity contribution < 1.29 is 4.42 Å². The van der Waals surface area contributed by atoms with Crippen molar-refractivity contribution in [3.05, 3.63) is 60.7 Å². The fourth-order valence-corrected chi connectivity index (χ4v) is 3.47. The van der Waals surface area contributed by atoms with Crippen LogP contribution in [0, 0.1) is 0 Å². The van der Waals surface area contributed by atoms with Crippen molar-refractivity contribution in [2.24, 2.45) is 7.05 Å². The first-order chi connectivity index (χ1) is 10.3. The number of nitrogens with zero attached hydrogens (tertiary/aromatic N) is 1. The number of para-hydroxylation sites is 2. The van der Waals surface area contributed by atoms with Gasteiger partial charge >= 0.3 is 0 Å². The van der Waals surface area contributed by atoms with E-state index in [0.717, 1.165) is 11.2 Å². The Hall–Kier alpha value is -2.74. The number of benzene rings is 3. The summed E-state index contributed by atoms with van der Waals surface area (Å²) in [5, 5.41) is 4.98. The molecule has 0 atom stereocenters. The van der Waals surface area contributed by atoms with Crippen molar-refractivity contribution in [2.75, 3.05) is 0 Å². The van der Waals surface area contributed by atoms with Gasteiger partial charge in [0.25, 0.3) is 0 Å². The highest BCUT2D eigenvalue weighted by Crippen LogP contribution is 2.39. The van der Waals surface area contributed by atoms with Gasteiger partial charge in [-0.05, 0) is 24.3 Å². The molecule has 0 N–H and O–H groups in total. The molecule has 5 aromatic rings. The van der Waals surface area contributed by atoms with E-state index >= 15 is 0 Å². The second kappa shape index (κ2) is 3.67. The monoisotopic (exact) mass is 271 g/mol. The predicted molar refractivity (Wildman–Crippen MR) is 87.7 cm³/mol. The van der Waals surface area contributed by atoms with E-state index in [1.807, 2.05) is 12.1 Å². The number of furan rings is 1. The Morgan fingerprint density at radius 1 is 0.667 bits per heavy atom. The summed E-state index contributed by atoms with van der Waals surface area (Å²) in [6.07, 6.45) is 0. The summed E-state index contributed by atoms with van der Waals surface area (Å²) in [6.45, 7) is 0. The van der Waals surface area contributed by atoms with Crippen LogP contribution < -0.4 is 0 Å². The Balaban J connectivity index is 2.20. The molecule has 21 heavy (non-hydrogen) atoms. The molecule has 0 aliphatic carbocycles. The second-order valence-corrected chi connectivity index (χ2v) is 5.51. The lowest BCUT2D eigenvalue weighted by atomic mass is 10.1. The highest BCUT2D eigenvalue weighted by molar-refractivity contribution is 6.26. The fraction of sp³-hybridized carbons (Fsp3) is 0.0526. The fourth-order valence-electron chi connectivity index (χ4n) is 3.47. The summed E-state index contributed by atoms with van der Waals surface area (Å²) in [5.41, 5.74) is 4.41. The zero-order chi connectivity index (χ0) is 14.0. The number of hydrogen-bond donors (Lipinski definition) is 0. The summed E-state index contributed by atoms with van der Waals surface area (Å²) in [5.74, 6) is 0. The topological polar surface area (TPSA) is 18.1 Å². The van der Waals surface area contributed by atoms with E-state index in [-0.39, 0.29) is 0 Å². The molecule has 5 rings (SSSR count). The molecule has 0 saturated carbocycles. The first-order valence-corrected chi connectivity index (χ1v) is 7.12. The summed E-state index contributed by atoms with van der Waals surface area (Å²) in [7, 11) is 2.12. The number of aryl methyl sites for hydroxylation is 1. The van der Waals surface area contributed by atoms with Crippen molar-refractivity contribution in [3.8, 4) is 0 Å². The molecule has 0 unspecified atom stereocenters. The van der Waals surface area contributed by atoms with Gasteiger partial charge in [-0.25, -0.2) is 0 Å². The predicted octanol–water partition coefficient (Wildman–Crippen LogP) is 5.23. The minimum Gasteiger partial charge on any atom is -0.456 e. The molecule has 2 heterocycles. The summed E-state index contributed by atoms with van der Waals surface area (Å²) < 4.78 is 8.27. The molecule has 2 nitrogen and oxygen atoms in total. The maximum absolute atomic E-state index is 6.01. The van der Waals surface area contributed by atoms with Gasteiger partial charge < -0.3 is 8.98 Å². The number of aromatic nitrogens is 1. The molecule has 0 fully saturated rings. The molecule has 0 bridgehead atoms. The minimum atomic E-state index is 0.952. The molecular weight excluding hydrogens is 258 g/mol. The molecule has 100 valence electrons. The maximum atomic E-state index is 6.01. The van der Waals surface area contributed by atoms with E-state index in [1.165, 1.54) is 32.6 Å². The van der Waals surface area contributed by atoms with Gasteiger partial charge in [-0.1, -0.05) is 36.4 Å². The van der Waals surface area contributed by atoms with Crippen LogP contribution in [0.25, 0.3) is 43.7 Å². The maximum Gasteiger partial charge on any atom is 0.136 e. The average Bonchev–Trinajstić information content (AvgIpc) is 3.04. The van der Waals surface area contributed by atoms with E-state index < -0.39 is 0 Å². The van der Waals surface area contributed by atoms with Crippen LogP contribution in [-0.2, 0) is 7.05 Å². The molecule has 3 aromatic carbocycles. The van der Waals surface area contributed by atoms with Crippen LogP contribution in [0.4, 0.5) is 0 Å². The van der Waals surface area contributed by atoms with Gasteiger partial charge in [0.2, 0.25) is 0 Å². The van der Waals surface area contributed by atoms with Gasteiger partial charge in [-0.2, -0.15) is 0 Å². The molecule has 0 amide bonds. The van der Waals surface area contributed by atoms with E-state index in [9.17, 15) is 0 Å². The van der Waals surface area contributed by atoms with Gasteiger partial charge in [0, 0.05) is 39.6 Å². The smallest absolute Gasteiger partial charge is 0.136 e. The van der Waals surface area contributed by atoms with Gasteiger partial charge in [-0.3, -0.25) is 0 Å². The molecule has 2 heteroatoms. The molecule has 0 saturated heterocycles. The lowest BCUT2D eigenvalue weighted by molar-refractivity contribution is 0.669. The first kappa shape index (κ1) is 11.0. The van der Waals surface area contributed by atoms with Gasteiger partial charge in [0.15, 0.2) is 0 Å². The van der Waals surface area contributed by atoms with E-state index in [2.05, 4.69) is 60.1 Å². The Labute approximate surface area is 121 Å². The average molecular weight is 271 g/mol. The van der Waals surface area contributed by atoms with Crippen LogP contribution in [0.1, 0.15) is 0 Å². The van der Waals surface area contributed by atoms with Crippen molar-refractivity contribution in [2.45, 2.75) is 0 Å². The van der Waals surface area contributed by atoms with Crippen LogP contribution in [0.2, 0.25) is 0 Å². The number of rotatable bonds is 0. The molecule has 0 radical (unpaired) electrons. The summed E-state index contributed by atoms with van der Waals surface area (Å²) in [4.78, 5) is 0. The summed E-state index contributed by atoms with van der Waals surface area (Å²) in [6, 6.07) is 21.1. The number of fused-ring (bicyclic) bond motifs is 7. The minimum absolute atomic E-state index is 0.952. The SMILES string of the molecule is Cn1c2ccccc2c2c3c(ccc21)oc1ccccc13. The summed E-state index contributed by atoms with van der Waals surface area (Å²) >= 11 is 0. The highest BCUT2D eigenvalue weighted by atomic mass is 16.3. The molecule has 0 aliphatic rings. The molecular formula is C19H13NO. The molecule has 0 aliphatic heterocycles. The third-order valence-electron chi connectivity index (χ3n) is 4.42. The Morgan fingerprint density at radius 3 is 2.33 bits per heavy atom. The second-order valence-electron chi connectivity index (χ2n) is 5.51. The van der Waals surface area contributed by atoms with Crippen LogP contribution in [0.5, 0.6) is 0 Å². The zero-order valence-electron chi connectivity index (χ0n) is 11.6. The van der Waals surface area contributed by atoms with Crippen LogP contribution in [0.15, 0.2) is 65.1 Å². The Kier molecular flexibility index (Phi) is 1.92. The van der Waals surface area contributed by atoms with Crippen molar-refractivity contribution in [1.29, 1.82) is 0 Å². The van der Waals surface area contributed by atoms with Crippen molar-refractivity contribution in [3.63, 3.8) is 0 Å². The number of hydrogen-bond acceptors (Lipinski definition) is 1. The third kappa shape index (κ3) is 1.27.